The first-order valence-corrected chi connectivity index (χ1v) is 4.64. The van der Waals surface area contributed by atoms with Gasteiger partial charge in [-0.05, 0) is 30.9 Å². The standard InChI is InChI=1S/C8H9ClS/c1-6-3-4-7(10-2)5-8(6)9/h3-5H,1-2H3. The predicted molar refractivity (Wildman–Crippen MR) is 48.0 cm³/mol. The van der Waals surface area contributed by atoms with E-state index in [1.807, 2.05) is 25.3 Å². The normalized spacial score (nSPS) is 9.90. The number of thioether (sulfide) groups is 1. The van der Waals surface area contributed by atoms with Crippen LogP contribution < -0.4 is 0 Å². The fourth-order valence-corrected chi connectivity index (χ4v) is 1.39. The van der Waals surface area contributed by atoms with Crippen LogP contribution in [0.25, 0.3) is 0 Å². The van der Waals surface area contributed by atoms with Gasteiger partial charge in [0.1, 0.15) is 0 Å². The van der Waals surface area contributed by atoms with Crippen LogP contribution in [-0.2, 0) is 0 Å². The highest BCUT2D eigenvalue weighted by molar-refractivity contribution is 7.98. The molecule has 0 radical (unpaired) electrons. The van der Waals surface area contributed by atoms with Gasteiger partial charge in [-0.2, -0.15) is 0 Å². The molecule has 0 N–H and O–H groups in total. The van der Waals surface area contributed by atoms with Gasteiger partial charge >= 0.3 is 0 Å². The molecule has 0 aliphatic rings. The molecule has 2 heteroatoms. The minimum absolute atomic E-state index is 0.854. The Hall–Kier alpha value is -0.140. The summed E-state index contributed by atoms with van der Waals surface area (Å²) in [6, 6.07) is 6.10. The average Bonchev–Trinajstić information content (AvgIpc) is 1.95. The molecule has 1 rings (SSSR count). The van der Waals surface area contributed by atoms with Crippen LogP contribution >= 0.6 is 23.4 Å². The van der Waals surface area contributed by atoms with Crippen LogP contribution in [0.2, 0.25) is 5.02 Å². The lowest BCUT2D eigenvalue weighted by atomic mass is 10.2. The van der Waals surface area contributed by atoms with Crippen LogP contribution in [0.15, 0.2) is 23.1 Å². The number of rotatable bonds is 1. The lowest BCUT2D eigenvalue weighted by molar-refractivity contribution is 1.38. The highest BCUT2D eigenvalue weighted by Crippen LogP contribution is 2.22. The van der Waals surface area contributed by atoms with Crippen molar-refractivity contribution in [3.05, 3.63) is 28.8 Å². The van der Waals surface area contributed by atoms with Gasteiger partial charge in [0, 0.05) is 9.92 Å². The van der Waals surface area contributed by atoms with Gasteiger partial charge in [-0.3, -0.25) is 0 Å². The summed E-state index contributed by atoms with van der Waals surface area (Å²) in [7, 11) is 0. The van der Waals surface area contributed by atoms with Crippen LogP contribution in [0.1, 0.15) is 5.56 Å². The number of hydrogen-bond acceptors (Lipinski definition) is 1. The van der Waals surface area contributed by atoms with E-state index < -0.39 is 0 Å². The zero-order valence-corrected chi connectivity index (χ0v) is 7.59. The molecule has 0 bridgehead atoms. The van der Waals surface area contributed by atoms with Crippen molar-refractivity contribution in [2.45, 2.75) is 11.8 Å². The maximum absolute atomic E-state index is 5.88. The Balaban J connectivity index is 3.04. The molecular weight excluding hydrogens is 164 g/mol. The van der Waals surface area contributed by atoms with E-state index in [4.69, 9.17) is 11.6 Å². The fourth-order valence-electron chi connectivity index (χ4n) is 0.701. The number of halogens is 1. The van der Waals surface area contributed by atoms with Crippen LogP contribution in [0.3, 0.4) is 0 Å². The third kappa shape index (κ3) is 1.68. The van der Waals surface area contributed by atoms with Gasteiger partial charge in [0.15, 0.2) is 0 Å². The van der Waals surface area contributed by atoms with Crippen LogP contribution in [-0.4, -0.2) is 6.26 Å². The topological polar surface area (TPSA) is 0 Å². The molecule has 0 saturated carbocycles. The molecule has 0 aliphatic carbocycles. The molecular formula is C8H9ClS. The Kier molecular flexibility index (Phi) is 2.64. The van der Waals surface area contributed by atoms with Gasteiger partial charge in [0.25, 0.3) is 0 Å². The average molecular weight is 173 g/mol. The van der Waals surface area contributed by atoms with Gasteiger partial charge in [0.05, 0.1) is 0 Å². The zero-order chi connectivity index (χ0) is 7.56. The summed E-state index contributed by atoms with van der Waals surface area (Å²) in [5, 5.41) is 0.854. The summed E-state index contributed by atoms with van der Waals surface area (Å²) in [6.07, 6.45) is 2.04. The maximum Gasteiger partial charge on any atom is 0.0446 e. The Morgan fingerprint density at radius 2 is 2.10 bits per heavy atom. The van der Waals surface area contributed by atoms with Gasteiger partial charge in [-0.25, -0.2) is 0 Å². The van der Waals surface area contributed by atoms with Crippen molar-refractivity contribution in [2.24, 2.45) is 0 Å². The monoisotopic (exact) mass is 172 g/mol. The Morgan fingerprint density at radius 3 is 2.60 bits per heavy atom. The quantitative estimate of drug-likeness (QED) is 0.586. The number of aryl methyl sites for hydroxylation is 1. The second kappa shape index (κ2) is 3.31. The third-order valence-corrected chi connectivity index (χ3v) is 2.51. The largest absolute Gasteiger partial charge is 0.130 e. The lowest BCUT2D eigenvalue weighted by Crippen LogP contribution is -1.74. The zero-order valence-electron chi connectivity index (χ0n) is 6.02. The first-order valence-electron chi connectivity index (χ1n) is 3.04. The van der Waals surface area contributed by atoms with Crippen molar-refractivity contribution in [1.82, 2.24) is 0 Å². The molecule has 1 aromatic rings. The Morgan fingerprint density at radius 1 is 1.40 bits per heavy atom. The molecule has 0 atom stereocenters. The Labute approximate surface area is 70.6 Å². The molecule has 0 aromatic heterocycles. The summed E-state index contributed by atoms with van der Waals surface area (Å²) >= 11 is 7.59. The van der Waals surface area contributed by atoms with Crippen LogP contribution in [0.4, 0.5) is 0 Å². The van der Waals surface area contributed by atoms with E-state index in [9.17, 15) is 0 Å². The van der Waals surface area contributed by atoms with Crippen molar-refractivity contribution in [1.29, 1.82) is 0 Å². The van der Waals surface area contributed by atoms with E-state index in [0.29, 0.717) is 0 Å². The van der Waals surface area contributed by atoms with E-state index in [1.165, 1.54) is 4.90 Å². The molecule has 0 spiro atoms. The molecule has 0 saturated heterocycles. The minimum Gasteiger partial charge on any atom is -0.130 e. The SMILES string of the molecule is CSc1ccc(C)c(Cl)c1. The summed E-state index contributed by atoms with van der Waals surface area (Å²) in [4.78, 5) is 1.22. The fraction of sp³-hybridized carbons (Fsp3) is 0.250. The van der Waals surface area contributed by atoms with E-state index in [1.54, 1.807) is 11.8 Å². The summed E-state index contributed by atoms with van der Waals surface area (Å²) in [5.74, 6) is 0. The molecule has 1 aromatic carbocycles. The van der Waals surface area contributed by atoms with Gasteiger partial charge in [-0.15, -0.1) is 11.8 Å². The first-order chi connectivity index (χ1) is 4.74. The molecule has 0 unspecified atom stereocenters. The molecule has 0 aliphatic heterocycles. The maximum atomic E-state index is 5.88. The molecule has 10 heavy (non-hydrogen) atoms. The van der Waals surface area contributed by atoms with Crippen molar-refractivity contribution >= 4 is 23.4 Å². The highest BCUT2D eigenvalue weighted by atomic mass is 35.5. The molecule has 54 valence electrons. The van der Waals surface area contributed by atoms with Gasteiger partial charge in [0.2, 0.25) is 0 Å². The summed E-state index contributed by atoms with van der Waals surface area (Å²) in [6.45, 7) is 2.01. The van der Waals surface area contributed by atoms with E-state index in [2.05, 4.69) is 6.07 Å². The Bertz CT molecular complexity index is 233. The molecule has 0 heterocycles. The van der Waals surface area contributed by atoms with Crippen molar-refractivity contribution in [2.75, 3.05) is 6.26 Å². The van der Waals surface area contributed by atoms with Gasteiger partial charge in [-0.1, -0.05) is 17.7 Å². The minimum atomic E-state index is 0.854. The van der Waals surface area contributed by atoms with E-state index >= 15 is 0 Å². The van der Waals surface area contributed by atoms with Gasteiger partial charge < -0.3 is 0 Å². The highest BCUT2D eigenvalue weighted by Gasteiger charge is 1.94. The van der Waals surface area contributed by atoms with Crippen molar-refractivity contribution in [3.8, 4) is 0 Å². The second-order valence-corrected chi connectivity index (χ2v) is 3.40. The molecule has 0 fully saturated rings. The summed E-state index contributed by atoms with van der Waals surface area (Å²) < 4.78 is 0. The summed E-state index contributed by atoms with van der Waals surface area (Å²) in [5.41, 5.74) is 1.14. The second-order valence-electron chi connectivity index (χ2n) is 2.12. The third-order valence-electron chi connectivity index (χ3n) is 1.38. The van der Waals surface area contributed by atoms with Crippen LogP contribution in [0.5, 0.6) is 0 Å². The van der Waals surface area contributed by atoms with E-state index in [-0.39, 0.29) is 0 Å². The number of hydrogen-bond donors (Lipinski definition) is 0. The lowest BCUT2D eigenvalue weighted by Gasteiger charge is -1.98. The van der Waals surface area contributed by atoms with Crippen molar-refractivity contribution in [3.63, 3.8) is 0 Å². The van der Waals surface area contributed by atoms with Crippen LogP contribution in [0, 0.1) is 6.92 Å². The number of benzene rings is 1. The molecule has 0 amide bonds. The predicted octanol–water partition coefficient (Wildman–Crippen LogP) is 3.37. The smallest absolute Gasteiger partial charge is 0.0446 e. The molecule has 0 nitrogen and oxygen atoms in total. The van der Waals surface area contributed by atoms with E-state index in [0.717, 1.165) is 10.6 Å². The van der Waals surface area contributed by atoms with Crippen molar-refractivity contribution < 1.29 is 0 Å². The first kappa shape index (κ1) is 7.96.